The SMILES string of the molecule is O=C(Cc1ccc(Cl)cc1)N/N=C\c1cccc(Br)c1. The van der Waals surface area contributed by atoms with Gasteiger partial charge in [0.25, 0.3) is 0 Å². The van der Waals surface area contributed by atoms with E-state index in [2.05, 4.69) is 26.5 Å². The highest BCUT2D eigenvalue weighted by atomic mass is 79.9. The summed E-state index contributed by atoms with van der Waals surface area (Å²) in [5, 5.41) is 4.58. The Morgan fingerprint density at radius 3 is 2.70 bits per heavy atom. The molecule has 20 heavy (non-hydrogen) atoms. The van der Waals surface area contributed by atoms with Crippen molar-refractivity contribution in [2.24, 2.45) is 5.10 Å². The second-order valence-corrected chi connectivity index (χ2v) is 5.50. The molecule has 0 spiro atoms. The first kappa shape index (κ1) is 14.8. The van der Waals surface area contributed by atoms with E-state index in [0.717, 1.165) is 15.6 Å². The predicted molar refractivity (Wildman–Crippen MR) is 85.0 cm³/mol. The van der Waals surface area contributed by atoms with Gasteiger partial charge in [0.2, 0.25) is 5.91 Å². The smallest absolute Gasteiger partial charge is 0.244 e. The van der Waals surface area contributed by atoms with Crippen LogP contribution in [0.5, 0.6) is 0 Å². The minimum absolute atomic E-state index is 0.168. The lowest BCUT2D eigenvalue weighted by Gasteiger charge is -2.00. The molecule has 102 valence electrons. The molecular formula is C15H12BrClN2O. The van der Waals surface area contributed by atoms with E-state index in [4.69, 9.17) is 11.6 Å². The van der Waals surface area contributed by atoms with Gasteiger partial charge in [0, 0.05) is 9.50 Å². The second-order valence-electron chi connectivity index (χ2n) is 4.15. The van der Waals surface area contributed by atoms with Crippen molar-refractivity contribution < 1.29 is 4.79 Å². The van der Waals surface area contributed by atoms with E-state index in [1.54, 1.807) is 18.3 Å². The average molecular weight is 352 g/mol. The fraction of sp³-hybridized carbons (Fsp3) is 0.0667. The summed E-state index contributed by atoms with van der Waals surface area (Å²) in [7, 11) is 0. The molecule has 0 atom stereocenters. The van der Waals surface area contributed by atoms with Crippen molar-refractivity contribution in [2.75, 3.05) is 0 Å². The van der Waals surface area contributed by atoms with Gasteiger partial charge in [-0.3, -0.25) is 4.79 Å². The van der Waals surface area contributed by atoms with Crippen molar-refractivity contribution in [3.05, 3.63) is 69.2 Å². The fourth-order valence-corrected chi connectivity index (χ4v) is 2.14. The molecule has 0 saturated heterocycles. The minimum Gasteiger partial charge on any atom is -0.273 e. The summed E-state index contributed by atoms with van der Waals surface area (Å²) in [6.45, 7) is 0. The lowest BCUT2D eigenvalue weighted by atomic mass is 10.1. The Labute approximate surface area is 130 Å². The summed E-state index contributed by atoms with van der Waals surface area (Å²) in [6.07, 6.45) is 1.87. The van der Waals surface area contributed by atoms with Gasteiger partial charge in [0.15, 0.2) is 0 Å². The molecule has 0 fully saturated rings. The van der Waals surface area contributed by atoms with Gasteiger partial charge in [-0.1, -0.05) is 51.8 Å². The van der Waals surface area contributed by atoms with E-state index in [1.165, 1.54) is 0 Å². The third kappa shape index (κ3) is 4.79. The molecule has 0 aromatic heterocycles. The molecule has 0 aliphatic rings. The Kier molecular flexibility index (Phi) is 5.32. The number of benzene rings is 2. The summed E-state index contributed by atoms with van der Waals surface area (Å²) in [6, 6.07) is 14.8. The van der Waals surface area contributed by atoms with Crippen molar-refractivity contribution in [3.8, 4) is 0 Å². The van der Waals surface area contributed by atoms with E-state index < -0.39 is 0 Å². The first-order valence-corrected chi connectivity index (χ1v) is 7.12. The van der Waals surface area contributed by atoms with Crippen LogP contribution in [-0.4, -0.2) is 12.1 Å². The molecule has 3 nitrogen and oxygen atoms in total. The summed E-state index contributed by atoms with van der Waals surface area (Å²) in [4.78, 5) is 11.7. The van der Waals surface area contributed by atoms with Crippen LogP contribution in [0.25, 0.3) is 0 Å². The van der Waals surface area contributed by atoms with Gasteiger partial charge < -0.3 is 0 Å². The Morgan fingerprint density at radius 2 is 2.00 bits per heavy atom. The maximum Gasteiger partial charge on any atom is 0.244 e. The molecule has 0 heterocycles. The molecule has 0 saturated carbocycles. The molecule has 1 amide bonds. The lowest BCUT2D eigenvalue weighted by molar-refractivity contribution is -0.120. The van der Waals surface area contributed by atoms with Gasteiger partial charge in [-0.25, -0.2) is 5.43 Å². The zero-order valence-electron chi connectivity index (χ0n) is 10.5. The molecule has 0 unspecified atom stereocenters. The highest BCUT2D eigenvalue weighted by Gasteiger charge is 2.01. The van der Waals surface area contributed by atoms with E-state index in [0.29, 0.717) is 5.02 Å². The van der Waals surface area contributed by atoms with Crippen molar-refractivity contribution in [1.82, 2.24) is 5.43 Å². The number of hydrazone groups is 1. The summed E-state index contributed by atoms with van der Waals surface area (Å²) in [5.74, 6) is -0.168. The normalized spacial score (nSPS) is 10.7. The Balaban J connectivity index is 1.87. The van der Waals surface area contributed by atoms with Gasteiger partial charge >= 0.3 is 0 Å². The van der Waals surface area contributed by atoms with E-state index in [1.807, 2.05) is 36.4 Å². The Bertz CT molecular complexity index is 626. The molecule has 0 aliphatic heterocycles. The van der Waals surface area contributed by atoms with Gasteiger partial charge in [0.05, 0.1) is 12.6 Å². The number of hydrogen-bond donors (Lipinski definition) is 1. The zero-order chi connectivity index (χ0) is 14.4. The third-order valence-corrected chi connectivity index (χ3v) is 3.27. The monoisotopic (exact) mass is 350 g/mol. The van der Waals surface area contributed by atoms with Crippen molar-refractivity contribution >= 4 is 39.7 Å². The molecule has 5 heteroatoms. The van der Waals surface area contributed by atoms with Crippen LogP contribution in [0.4, 0.5) is 0 Å². The average Bonchev–Trinajstić information content (AvgIpc) is 2.41. The number of hydrogen-bond acceptors (Lipinski definition) is 2. The van der Waals surface area contributed by atoms with E-state index >= 15 is 0 Å². The summed E-state index contributed by atoms with van der Waals surface area (Å²) in [5.41, 5.74) is 4.30. The topological polar surface area (TPSA) is 41.5 Å². The van der Waals surface area contributed by atoms with Gasteiger partial charge in [-0.15, -0.1) is 0 Å². The molecule has 0 bridgehead atoms. The van der Waals surface area contributed by atoms with E-state index in [-0.39, 0.29) is 12.3 Å². The van der Waals surface area contributed by atoms with Crippen LogP contribution in [0.15, 0.2) is 58.1 Å². The maximum atomic E-state index is 11.7. The first-order chi connectivity index (χ1) is 9.63. The van der Waals surface area contributed by atoms with Crippen LogP contribution < -0.4 is 5.43 Å². The first-order valence-electron chi connectivity index (χ1n) is 5.95. The van der Waals surface area contributed by atoms with Gasteiger partial charge in [0.1, 0.15) is 0 Å². The largest absolute Gasteiger partial charge is 0.273 e. The molecule has 1 N–H and O–H groups in total. The molecule has 0 aliphatic carbocycles. The quantitative estimate of drug-likeness (QED) is 0.661. The highest BCUT2D eigenvalue weighted by molar-refractivity contribution is 9.10. The molecular weight excluding hydrogens is 340 g/mol. The number of carbonyl (C=O) groups is 1. The fourth-order valence-electron chi connectivity index (χ4n) is 1.59. The van der Waals surface area contributed by atoms with Gasteiger partial charge in [-0.2, -0.15) is 5.10 Å². The third-order valence-electron chi connectivity index (χ3n) is 2.53. The van der Waals surface area contributed by atoms with Crippen LogP contribution in [0, 0.1) is 0 Å². The predicted octanol–water partition coefficient (Wildman–Crippen LogP) is 3.80. The molecule has 2 aromatic carbocycles. The number of nitrogens with zero attached hydrogens (tertiary/aromatic N) is 1. The summed E-state index contributed by atoms with van der Waals surface area (Å²) < 4.78 is 0.967. The Morgan fingerprint density at radius 1 is 1.25 bits per heavy atom. The number of halogens is 2. The lowest BCUT2D eigenvalue weighted by Crippen LogP contribution is -2.19. The molecule has 2 rings (SSSR count). The molecule has 2 aromatic rings. The van der Waals surface area contributed by atoms with Crippen LogP contribution in [0.1, 0.15) is 11.1 Å². The van der Waals surface area contributed by atoms with Crippen molar-refractivity contribution in [2.45, 2.75) is 6.42 Å². The molecule has 0 radical (unpaired) electrons. The maximum absolute atomic E-state index is 11.7. The second kappa shape index (κ2) is 7.22. The standard InChI is InChI=1S/C15H12BrClN2O/c16-13-3-1-2-12(8-13)10-18-19-15(20)9-11-4-6-14(17)7-5-11/h1-8,10H,9H2,(H,19,20)/b18-10-. The van der Waals surface area contributed by atoms with Crippen LogP contribution in [-0.2, 0) is 11.2 Å². The highest BCUT2D eigenvalue weighted by Crippen LogP contribution is 2.10. The van der Waals surface area contributed by atoms with E-state index in [9.17, 15) is 4.79 Å². The minimum atomic E-state index is -0.168. The zero-order valence-corrected chi connectivity index (χ0v) is 12.9. The number of carbonyl (C=O) groups excluding carboxylic acids is 1. The Hall–Kier alpha value is -1.65. The number of nitrogens with one attached hydrogen (secondary N) is 1. The summed E-state index contributed by atoms with van der Waals surface area (Å²) >= 11 is 9.16. The van der Waals surface area contributed by atoms with Gasteiger partial charge in [-0.05, 0) is 35.4 Å². The van der Waals surface area contributed by atoms with Crippen molar-refractivity contribution in [1.29, 1.82) is 0 Å². The van der Waals surface area contributed by atoms with Crippen LogP contribution in [0.2, 0.25) is 5.02 Å². The van der Waals surface area contributed by atoms with Crippen LogP contribution >= 0.6 is 27.5 Å². The van der Waals surface area contributed by atoms with Crippen molar-refractivity contribution in [3.63, 3.8) is 0 Å². The number of amides is 1. The van der Waals surface area contributed by atoms with Crippen LogP contribution in [0.3, 0.4) is 0 Å². The number of rotatable bonds is 4.